The fourth-order valence-electron chi connectivity index (χ4n) is 1.04. The van der Waals surface area contributed by atoms with Crippen LogP contribution in [0.4, 0.5) is 0 Å². The normalized spacial score (nSPS) is 12.8. The van der Waals surface area contributed by atoms with E-state index in [-0.39, 0.29) is 23.2 Å². The van der Waals surface area contributed by atoms with Gasteiger partial charge in [-0.15, -0.1) is 0 Å². The Morgan fingerprint density at radius 3 is 2.92 bits per heavy atom. The van der Waals surface area contributed by atoms with Gasteiger partial charge in [-0.3, -0.25) is 4.79 Å². The summed E-state index contributed by atoms with van der Waals surface area (Å²) >= 11 is 5.62. The van der Waals surface area contributed by atoms with Gasteiger partial charge in [0.25, 0.3) is 5.56 Å². The van der Waals surface area contributed by atoms with Gasteiger partial charge in [0.05, 0.1) is 12.6 Å². The first-order valence-corrected chi connectivity index (χ1v) is 4.23. The van der Waals surface area contributed by atoms with Crippen LogP contribution in [0.3, 0.4) is 0 Å². The molecule has 0 saturated carbocycles. The number of halogens is 1. The van der Waals surface area contributed by atoms with Crippen molar-refractivity contribution in [2.75, 3.05) is 13.7 Å². The van der Waals surface area contributed by atoms with Crippen molar-refractivity contribution < 1.29 is 5.11 Å². The summed E-state index contributed by atoms with van der Waals surface area (Å²) < 4.78 is 0. The van der Waals surface area contributed by atoms with E-state index in [9.17, 15) is 4.79 Å². The molecule has 0 saturated heterocycles. The molecule has 5 heteroatoms. The summed E-state index contributed by atoms with van der Waals surface area (Å²) in [5.74, 6) is 0. The molecule has 0 bridgehead atoms. The molecule has 1 aromatic rings. The predicted molar refractivity (Wildman–Crippen MR) is 51.0 cm³/mol. The van der Waals surface area contributed by atoms with Gasteiger partial charge in [-0.1, -0.05) is 11.6 Å². The molecule has 0 amide bonds. The summed E-state index contributed by atoms with van der Waals surface area (Å²) in [6.45, 7) is -0.0428. The number of aliphatic hydroxyl groups is 1. The first-order chi connectivity index (χ1) is 6.19. The maximum Gasteiger partial charge on any atom is 0.266 e. The Morgan fingerprint density at radius 2 is 2.46 bits per heavy atom. The summed E-state index contributed by atoms with van der Waals surface area (Å²) in [4.78, 5) is 13.4. The molecule has 4 nitrogen and oxygen atoms in total. The first kappa shape index (κ1) is 10.2. The van der Waals surface area contributed by atoms with E-state index in [4.69, 9.17) is 16.7 Å². The fourth-order valence-corrected chi connectivity index (χ4v) is 1.22. The van der Waals surface area contributed by atoms with Crippen molar-refractivity contribution in [3.05, 3.63) is 33.2 Å². The first-order valence-electron chi connectivity index (χ1n) is 3.85. The number of pyridine rings is 1. The van der Waals surface area contributed by atoms with Crippen LogP contribution >= 0.6 is 11.6 Å². The molecule has 0 spiro atoms. The quantitative estimate of drug-likeness (QED) is 0.660. The molecule has 1 rings (SSSR count). The zero-order valence-corrected chi connectivity index (χ0v) is 7.93. The van der Waals surface area contributed by atoms with Crippen LogP contribution in [0.15, 0.2) is 17.1 Å². The topological polar surface area (TPSA) is 65.1 Å². The molecule has 0 unspecified atom stereocenters. The molecular weight excluding hydrogens is 192 g/mol. The number of rotatable bonds is 3. The second kappa shape index (κ2) is 4.41. The third-order valence-corrected chi connectivity index (χ3v) is 2.09. The SMILES string of the molecule is CN[C@H](CO)c1c[nH]c(=O)c(Cl)c1. The Labute approximate surface area is 80.6 Å². The maximum atomic E-state index is 10.9. The number of hydrogen-bond acceptors (Lipinski definition) is 3. The number of hydrogen-bond donors (Lipinski definition) is 3. The smallest absolute Gasteiger partial charge is 0.266 e. The van der Waals surface area contributed by atoms with Gasteiger partial charge in [-0.2, -0.15) is 0 Å². The minimum absolute atomic E-state index is 0.0428. The lowest BCUT2D eigenvalue weighted by atomic mass is 10.1. The summed E-state index contributed by atoms with van der Waals surface area (Å²) in [6, 6.07) is 1.34. The lowest BCUT2D eigenvalue weighted by molar-refractivity contribution is 0.250. The van der Waals surface area contributed by atoms with Gasteiger partial charge < -0.3 is 15.4 Å². The van der Waals surface area contributed by atoms with Crippen LogP contribution in [0.5, 0.6) is 0 Å². The van der Waals surface area contributed by atoms with Crippen LogP contribution in [0, 0.1) is 0 Å². The Kier molecular flexibility index (Phi) is 3.48. The number of aliphatic hydroxyl groups excluding tert-OH is 1. The highest BCUT2D eigenvalue weighted by atomic mass is 35.5. The highest BCUT2D eigenvalue weighted by Gasteiger charge is 2.08. The zero-order chi connectivity index (χ0) is 9.84. The number of aromatic amines is 1. The van der Waals surface area contributed by atoms with Crippen molar-refractivity contribution in [2.45, 2.75) is 6.04 Å². The van der Waals surface area contributed by atoms with Gasteiger partial charge in [-0.05, 0) is 18.7 Å². The molecule has 0 aliphatic heterocycles. The summed E-state index contributed by atoms with van der Waals surface area (Å²) in [5.41, 5.74) is 0.438. The Bertz CT molecular complexity index is 333. The van der Waals surface area contributed by atoms with Crippen LogP contribution in [0.2, 0.25) is 5.02 Å². The van der Waals surface area contributed by atoms with E-state index in [2.05, 4.69) is 10.3 Å². The molecular formula is C8H11ClN2O2. The highest BCUT2D eigenvalue weighted by molar-refractivity contribution is 6.30. The highest BCUT2D eigenvalue weighted by Crippen LogP contribution is 2.12. The lowest BCUT2D eigenvalue weighted by Crippen LogP contribution is -2.21. The lowest BCUT2D eigenvalue weighted by Gasteiger charge is -2.12. The maximum absolute atomic E-state index is 10.9. The Hall–Kier alpha value is -0.840. The number of aromatic nitrogens is 1. The number of nitrogens with one attached hydrogen (secondary N) is 2. The zero-order valence-electron chi connectivity index (χ0n) is 7.17. The molecule has 0 aliphatic carbocycles. The van der Waals surface area contributed by atoms with Crippen molar-refractivity contribution in [3.63, 3.8) is 0 Å². The molecule has 0 fully saturated rings. The van der Waals surface area contributed by atoms with E-state index in [0.717, 1.165) is 5.56 Å². The second-order valence-corrected chi connectivity index (χ2v) is 3.04. The molecule has 3 N–H and O–H groups in total. The second-order valence-electron chi connectivity index (χ2n) is 2.63. The number of H-pyrrole nitrogens is 1. The average molecular weight is 203 g/mol. The molecule has 13 heavy (non-hydrogen) atoms. The van der Waals surface area contributed by atoms with Crippen molar-refractivity contribution in [1.82, 2.24) is 10.3 Å². The molecule has 0 aliphatic rings. The summed E-state index contributed by atoms with van der Waals surface area (Å²) in [6.07, 6.45) is 1.53. The molecule has 1 aromatic heterocycles. The molecule has 0 aromatic carbocycles. The van der Waals surface area contributed by atoms with Gasteiger partial charge in [0.1, 0.15) is 5.02 Å². The third kappa shape index (κ3) is 2.30. The largest absolute Gasteiger partial charge is 0.394 e. The standard InChI is InChI=1S/C8H11ClN2O2/c1-10-7(4-12)5-2-6(9)8(13)11-3-5/h2-3,7,10,12H,4H2,1H3,(H,11,13)/t7-/m1/s1. The molecule has 0 radical (unpaired) electrons. The van der Waals surface area contributed by atoms with E-state index in [0.29, 0.717) is 0 Å². The van der Waals surface area contributed by atoms with Crippen molar-refractivity contribution in [3.8, 4) is 0 Å². The average Bonchev–Trinajstić information content (AvgIpc) is 2.13. The van der Waals surface area contributed by atoms with Crippen molar-refractivity contribution in [2.24, 2.45) is 0 Å². The van der Waals surface area contributed by atoms with Crippen LogP contribution in [0.25, 0.3) is 0 Å². The molecule has 1 atom stereocenters. The van der Waals surface area contributed by atoms with Crippen molar-refractivity contribution >= 4 is 11.6 Å². The van der Waals surface area contributed by atoms with Crippen molar-refractivity contribution in [1.29, 1.82) is 0 Å². The van der Waals surface area contributed by atoms with Gasteiger partial charge in [0, 0.05) is 6.20 Å². The van der Waals surface area contributed by atoms with E-state index >= 15 is 0 Å². The summed E-state index contributed by atoms with van der Waals surface area (Å²) in [7, 11) is 1.72. The Morgan fingerprint density at radius 1 is 1.77 bits per heavy atom. The van der Waals surface area contributed by atoms with Crippen LogP contribution in [0.1, 0.15) is 11.6 Å². The minimum Gasteiger partial charge on any atom is -0.394 e. The van der Waals surface area contributed by atoms with E-state index < -0.39 is 0 Å². The van der Waals surface area contributed by atoms with Crippen LogP contribution < -0.4 is 10.9 Å². The number of likely N-dealkylation sites (N-methyl/N-ethyl adjacent to an activating group) is 1. The van der Waals surface area contributed by atoms with E-state index in [1.165, 1.54) is 12.3 Å². The van der Waals surface area contributed by atoms with Crippen LogP contribution in [-0.4, -0.2) is 23.7 Å². The Balaban J connectivity index is 3.02. The van der Waals surface area contributed by atoms with E-state index in [1.54, 1.807) is 7.05 Å². The predicted octanol–water partition coefficient (Wildman–Crippen LogP) is 0.281. The summed E-state index contributed by atoms with van der Waals surface area (Å²) in [5, 5.41) is 12.0. The monoisotopic (exact) mass is 202 g/mol. The molecule has 1 heterocycles. The van der Waals surface area contributed by atoms with Gasteiger partial charge in [-0.25, -0.2) is 0 Å². The van der Waals surface area contributed by atoms with Gasteiger partial charge >= 0.3 is 0 Å². The molecule has 72 valence electrons. The third-order valence-electron chi connectivity index (χ3n) is 1.81. The minimum atomic E-state index is -0.321. The van der Waals surface area contributed by atoms with Gasteiger partial charge in [0.2, 0.25) is 0 Å². The fraction of sp³-hybridized carbons (Fsp3) is 0.375. The van der Waals surface area contributed by atoms with E-state index in [1.807, 2.05) is 0 Å². The van der Waals surface area contributed by atoms with Gasteiger partial charge in [0.15, 0.2) is 0 Å². The van der Waals surface area contributed by atoms with Crippen LogP contribution in [-0.2, 0) is 0 Å².